The highest BCUT2D eigenvalue weighted by atomic mass is 19.3. The van der Waals surface area contributed by atoms with Crippen molar-refractivity contribution in [1.82, 2.24) is 10.2 Å². The number of hydrogen-bond donors (Lipinski definition) is 1. The Bertz CT molecular complexity index is 350. The van der Waals surface area contributed by atoms with Crippen LogP contribution in [0.3, 0.4) is 0 Å². The van der Waals surface area contributed by atoms with Gasteiger partial charge in [-0.2, -0.15) is 0 Å². The van der Waals surface area contributed by atoms with Gasteiger partial charge in [-0.15, -0.1) is 0 Å². The third-order valence-corrected chi connectivity index (χ3v) is 4.99. The van der Waals surface area contributed by atoms with Crippen molar-refractivity contribution in [2.75, 3.05) is 20.6 Å². The lowest BCUT2D eigenvalue weighted by atomic mass is 9.88. The molecule has 1 amide bonds. The summed E-state index contributed by atoms with van der Waals surface area (Å²) < 4.78 is 25.6. The van der Waals surface area contributed by atoms with Gasteiger partial charge in [0.25, 0.3) is 5.92 Å². The Labute approximate surface area is 120 Å². The zero-order valence-electron chi connectivity index (χ0n) is 12.6. The van der Waals surface area contributed by atoms with E-state index in [9.17, 15) is 13.6 Å². The van der Waals surface area contributed by atoms with E-state index in [0.717, 1.165) is 12.8 Å². The molecule has 0 saturated heterocycles. The predicted molar refractivity (Wildman–Crippen MR) is 74.8 cm³/mol. The second-order valence-electron chi connectivity index (χ2n) is 6.68. The number of nitrogens with one attached hydrogen (secondary N) is 1. The molecule has 2 aliphatic rings. The van der Waals surface area contributed by atoms with Gasteiger partial charge < -0.3 is 10.2 Å². The van der Waals surface area contributed by atoms with E-state index < -0.39 is 11.8 Å². The fourth-order valence-corrected chi connectivity index (χ4v) is 3.22. The van der Waals surface area contributed by atoms with E-state index in [0.29, 0.717) is 6.54 Å². The Kier molecular flexibility index (Phi) is 4.67. The zero-order chi connectivity index (χ0) is 14.8. The normalized spacial score (nSPS) is 27.9. The third-order valence-electron chi connectivity index (χ3n) is 4.99. The molecule has 116 valence electrons. The van der Waals surface area contributed by atoms with Crippen LogP contribution in [0, 0.1) is 5.92 Å². The SMILES string of the molecule is CN(C)C1(CNC(=O)C[C@H]2CC2(F)F)CCCCCC1. The van der Waals surface area contributed by atoms with Crippen molar-refractivity contribution in [3.05, 3.63) is 0 Å². The summed E-state index contributed by atoms with van der Waals surface area (Å²) in [6.45, 7) is 0.580. The van der Waals surface area contributed by atoms with Gasteiger partial charge in [-0.05, 0) is 26.9 Å². The summed E-state index contributed by atoms with van der Waals surface area (Å²) in [4.78, 5) is 14.0. The highest BCUT2D eigenvalue weighted by Gasteiger charge is 2.57. The fourth-order valence-electron chi connectivity index (χ4n) is 3.22. The van der Waals surface area contributed by atoms with Gasteiger partial charge in [-0.25, -0.2) is 8.78 Å². The number of carbonyl (C=O) groups is 1. The van der Waals surface area contributed by atoms with Crippen LogP contribution in [0.5, 0.6) is 0 Å². The second-order valence-corrected chi connectivity index (χ2v) is 6.68. The Balaban J connectivity index is 1.84. The minimum Gasteiger partial charge on any atom is -0.354 e. The number of nitrogens with zero attached hydrogens (tertiary/aromatic N) is 1. The van der Waals surface area contributed by atoms with Crippen LogP contribution in [0.25, 0.3) is 0 Å². The van der Waals surface area contributed by atoms with Crippen molar-refractivity contribution in [2.24, 2.45) is 5.92 Å². The first-order chi connectivity index (χ1) is 9.36. The van der Waals surface area contributed by atoms with Gasteiger partial charge in [-0.1, -0.05) is 25.7 Å². The molecule has 2 rings (SSSR count). The number of carbonyl (C=O) groups excluding carboxylic acids is 1. The zero-order valence-corrected chi connectivity index (χ0v) is 12.6. The van der Waals surface area contributed by atoms with Gasteiger partial charge in [0.2, 0.25) is 5.91 Å². The minimum absolute atomic E-state index is 0.00176. The quantitative estimate of drug-likeness (QED) is 0.789. The average Bonchev–Trinajstić information content (AvgIpc) is 3.03. The van der Waals surface area contributed by atoms with Crippen molar-refractivity contribution < 1.29 is 13.6 Å². The lowest BCUT2D eigenvalue weighted by Gasteiger charge is -2.39. The van der Waals surface area contributed by atoms with Crippen LogP contribution in [0.15, 0.2) is 0 Å². The van der Waals surface area contributed by atoms with Crippen molar-refractivity contribution in [1.29, 1.82) is 0 Å². The molecule has 2 fully saturated rings. The van der Waals surface area contributed by atoms with E-state index in [2.05, 4.69) is 10.2 Å². The second kappa shape index (κ2) is 5.96. The number of hydrogen-bond acceptors (Lipinski definition) is 2. The van der Waals surface area contributed by atoms with E-state index in [1.807, 2.05) is 14.1 Å². The van der Waals surface area contributed by atoms with Gasteiger partial charge in [-0.3, -0.25) is 4.79 Å². The maximum absolute atomic E-state index is 12.8. The summed E-state index contributed by atoms with van der Waals surface area (Å²) in [5.41, 5.74) is -0.00176. The molecule has 2 aliphatic carbocycles. The van der Waals surface area contributed by atoms with Crippen molar-refractivity contribution in [3.8, 4) is 0 Å². The summed E-state index contributed by atoms with van der Waals surface area (Å²) in [5, 5.41) is 2.90. The van der Waals surface area contributed by atoms with Crippen molar-refractivity contribution in [3.63, 3.8) is 0 Å². The number of likely N-dealkylation sites (N-methyl/N-ethyl adjacent to an activating group) is 1. The predicted octanol–water partition coefficient (Wildman–Crippen LogP) is 2.80. The van der Waals surface area contributed by atoms with Crippen LogP contribution in [0.4, 0.5) is 8.78 Å². The summed E-state index contributed by atoms with van der Waals surface area (Å²) >= 11 is 0. The van der Waals surface area contributed by atoms with Gasteiger partial charge in [0, 0.05) is 30.8 Å². The third kappa shape index (κ3) is 3.68. The molecule has 0 aromatic rings. The summed E-state index contributed by atoms with van der Waals surface area (Å²) in [7, 11) is 4.10. The maximum atomic E-state index is 12.8. The molecular weight excluding hydrogens is 262 g/mol. The Hall–Kier alpha value is -0.710. The van der Waals surface area contributed by atoms with Gasteiger partial charge >= 0.3 is 0 Å². The molecule has 3 nitrogen and oxygen atoms in total. The van der Waals surface area contributed by atoms with E-state index in [1.54, 1.807) is 0 Å². The Morgan fingerprint density at radius 2 is 1.75 bits per heavy atom. The van der Waals surface area contributed by atoms with E-state index in [4.69, 9.17) is 0 Å². The van der Waals surface area contributed by atoms with Gasteiger partial charge in [0.05, 0.1) is 0 Å². The number of halogens is 2. The molecular formula is C15H26F2N2O. The lowest BCUT2D eigenvalue weighted by Crippen LogP contribution is -2.52. The summed E-state index contributed by atoms with van der Waals surface area (Å²) in [6.07, 6.45) is 6.83. The molecule has 1 atom stereocenters. The van der Waals surface area contributed by atoms with Crippen molar-refractivity contribution >= 4 is 5.91 Å². The Morgan fingerprint density at radius 3 is 2.20 bits per heavy atom. The number of rotatable bonds is 5. The average molecular weight is 288 g/mol. The molecule has 0 aliphatic heterocycles. The van der Waals surface area contributed by atoms with E-state index in [-0.39, 0.29) is 24.3 Å². The van der Waals surface area contributed by atoms with Crippen LogP contribution in [-0.2, 0) is 4.79 Å². The van der Waals surface area contributed by atoms with E-state index in [1.165, 1.54) is 25.7 Å². The van der Waals surface area contributed by atoms with Crippen LogP contribution in [-0.4, -0.2) is 42.9 Å². The summed E-state index contributed by atoms with van der Waals surface area (Å²) in [5.74, 6) is -3.55. The topological polar surface area (TPSA) is 32.3 Å². The molecule has 2 saturated carbocycles. The van der Waals surface area contributed by atoms with Crippen LogP contribution >= 0.6 is 0 Å². The molecule has 0 aromatic carbocycles. The first kappa shape index (κ1) is 15.7. The fraction of sp³-hybridized carbons (Fsp3) is 0.933. The van der Waals surface area contributed by atoms with Crippen LogP contribution in [0.1, 0.15) is 51.4 Å². The lowest BCUT2D eigenvalue weighted by molar-refractivity contribution is -0.122. The highest BCUT2D eigenvalue weighted by molar-refractivity contribution is 5.76. The molecule has 0 radical (unpaired) electrons. The molecule has 0 unspecified atom stereocenters. The Morgan fingerprint density at radius 1 is 1.20 bits per heavy atom. The van der Waals surface area contributed by atoms with Gasteiger partial charge in [0.1, 0.15) is 0 Å². The monoisotopic (exact) mass is 288 g/mol. The number of alkyl halides is 2. The van der Waals surface area contributed by atoms with Crippen LogP contribution in [0.2, 0.25) is 0 Å². The first-order valence-corrected chi connectivity index (χ1v) is 7.68. The minimum atomic E-state index is -2.60. The number of amides is 1. The smallest absolute Gasteiger partial charge is 0.252 e. The first-order valence-electron chi connectivity index (χ1n) is 7.68. The molecule has 0 bridgehead atoms. The molecule has 0 heterocycles. The van der Waals surface area contributed by atoms with Crippen LogP contribution < -0.4 is 5.32 Å². The largest absolute Gasteiger partial charge is 0.354 e. The molecule has 20 heavy (non-hydrogen) atoms. The molecule has 5 heteroatoms. The molecule has 1 N–H and O–H groups in total. The van der Waals surface area contributed by atoms with E-state index >= 15 is 0 Å². The summed E-state index contributed by atoms with van der Waals surface area (Å²) in [6, 6.07) is 0. The maximum Gasteiger partial charge on any atom is 0.252 e. The standard InChI is InChI=1S/C15H26F2N2O/c1-19(2)14(7-5-3-4-6-8-14)11-18-13(20)9-12-10-15(12,16)17/h12H,3-11H2,1-2H3,(H,18,20)/t12-/m0/s1. The van der Waals surface area contributed by atoms with Crippen molar-refractivity contribution in [2.45, 2.75) is 62.8 Å². The van der Waals surface area contributed by atoms with Gasteiger partial charge in [0.15, 0.2) is 0 Å². The molecule has 0 spiro atoms. The molecule has 0 aromatic heterocycles. The highest BCUT2D eigenvalue weighted by Crippen LogP contribution is 2.50.